The molecule has 88 valence electrons. The van der Waals surface area contributed by atoms with Crippen LogP contribution in [0, 0.1) is 0 Å². The minimum absolute atomic E-state index is 0.288. The van der Waals surface area contributed by atoms with Gasteiger partial charge in [-0.15, -0.1) is 22.7 Å². The van der Waals surface area contributed by atoms with Gasteiger partial charge in [0.25, 0.3) is 0 Å². The molecule has 0 atom stereocenters. The topological polar surface area (TPSA) is 50.2 Å². The van der Waals surface area contributed by atoms with Crippen molar-refractivity contribution in [2.24, 2.45) is 0 Å². The van der Waals surface area contributed by atoms with E-state index in [9.17, 15) is 4.79 Å². The Bertz CT molecular complexity index is 581. The van der Waals surface area contributed by atoms with Gasteiger partial charge in [0, 0.05) is 16.2 Å². The van der Waals surface area contributed by atoms with Crippen LogP contribution in [0.3, 0.4) is 0 Å². The Morgan fingerprint density at radius 3 is 2.76 bits per heavy atom. The number of hydrogen-bond donors (Lipinski definition) is 1. The lowest BCUT2D eigenvalue weighted by Gasteiger charge is -2.00. The second-order valence-corrected chi connectivity index (χ2v) is 6.37. The lowest BCUT2D eigenvalue weighted by atomic mass is 10.2. The van der Waals surface area contributed by atoms with Crippen LogP contribution in [-0.2, 0) is 5.41 Å². The second-order valence-electron chi connectivity index (χ2n) is 4.60. The Morgan fingerprint density at radius 1 is 1.41 bits per heavy atom. The molecule has 2 aromatic heterocycles. The number of carboxylic acid groups (broad SMARTS) is 1. The van der Waals surface area contributed by atoms with E-state index in [1.165, 1.54) is 29.2 Å². The van der Waals surface area contributed by atoms with Gasteiger partial charge in [0.05, 0.1) is 21.1 Å². The summed E-state index contributed by atoms with van der Waals surface area (Å²) in [4.78, 5) is 16.4. The molecule has 0 unspecified atom stereocenters. The highest BCUT2D eigenvalue weighted by Gasteiger charge is 2.41. The van der Waals surface area contributed by atoms with Crippen LogP contribution in [0.5, 0.6) is 0 Å². The maximum absolute atomic E-state index is 10.8. The molecule has 1 N–H and O–H groups in total. The molecule has 3 nitrogen and oxygen atoms in total. The Kier molecular flexibility index (Phi) is 2.34. The zero-order valence-corrected chi connectivity index (χ0v) is 10.9. The smallest absolute Gasteiger partial charge is 0.336 e. The average Bonchev–Trinajstić information content (AvgIpc) is 2.78. The lowest BCUT2D eigenvalue weighted by Crippen LogP contribution is -1.97. The summed E-state index contributed by atoms with van der Waals surface area (Å²) in [6.45, 7) is 2.23. The summed E-state index contributed by atoms with van der Waals surface area (Å²) in [6.07, 6.45) is 2.43. The van der Waals surface area contributed by atoms with Gasteiger partial charge in [0.2, 0.25) is 0 Å². The minimum atomic E-state index is -0.878. The number of rotatable bonds is 3. The van der Waals surface area contributed by atoms with Crippen LogP contribution >= 0.6 is 22.7 Å². The zero-order chi connectivity index (χ0) is 12.0. The van der Waals surface area contributed by atoms with Crippen LogP contribution in [0.15, 0.2) is 16.8 Å². The van der Waals surface area contributed by atoms with Crippen LogP contribution < -0.4 is 0 Å². The van der Waals surface area contributed by atoms with Crippen molar-refractivity contribution in [2.75, 3.05) is 0 Å². The molecule has 0 spiro atoms. The van der Waals surface area contributed by atoms with Crippen LogP contribution in [0.2, 0.25) is 0 Å². The monoisotopic (exact) mass is 265 g/mol. The van der Waals surface area contributed by atoms with Crippen molar-refractivity contribution >= 4 is 28.6 Å². The molecule has 0 radical (unpaired) electrons. The molecule has 1 aliphatic carbocycles. The highest BCUT2D eigenvalue weighted by atomic mass is 32.1. The number of thiazole rings is 1. The first-order chi connectivity index (χ1) is 8.08. The molecule has 1 aliphatic rings. The van der Waals surface area contributed by atoms with Gasteiger partial charge in [0.15, 0.2) is 0 Å². The van der Waals surface area contributed by atoms with Crippen LogP contribution in [-0.4, -0.2) is 16.1 Å². The van der Waals surface area contributed by atoms with Gasteiger partial charge in [-0.2, -0.15) is 0 Å². The fraction of sp³-hybridized carbons (Fsp3) is 0.333. The van der Waals surface area contributed by atoms with Crippen LogP contribution in [0.4, 0.5) is 0 Å². The van der Waals surface area contributed by atoms with E-state index < -0.39 is 5.97 Å². The van der Waals surface area contributed by atoms with Crippen molar-refractivity contribution in [3.8, 4) is 10.6 Å². The van der Waals surface area contributed by atoms with Gasteiger partial charge < -0.3 is 5.11 Å². The number of hydrogen-bond acceptors (Lipinski definition) is 4. The molecule has 17 heavy (non-hydrogen) atoms. The molecular weight excluding hydrogens is 254 g/mol. The van der Waals surface area contributed by atoms with Gasteiger partial charge in [-0.3, -0.25) is 0 Å². The summed E-state index contributed by atoms with van der Waals surface area (Å²) in [7, 11) is 0. The third-order valence-electron chi connectivity index (χ3n) is 3.12. The van der Waals surface area contributed by atoms with E-state index in [0.717, 1.165) is 10.6 Å². The molecule has 0 saturated heterocycles. The Hall–Kier alpha value is -1.20. The molecule has 0 bridgehead atoms. The number of carboxylic acids is 1. The lowest BCUT2D eigenvalue weighted by molar-refractivity contribution is 0.0697. The van der Waals surface area contributed by atoms with E-state index >= 15 is 0 Å². The van der Waals surface area contributed by atoms with E-state index in [-0.39, 0.29) is 5.41 Å². The molecule has 1 saturated carbocycles. The highest BCUT2D eigenvalue weighted by Crippen LogP contribution is 2.49. The van der Waals surface area contributed by atoms with Crippen molar-refractivity contribution in [1.29, 1.82) is 0 Å². The Morgan fingerprint density at radius 2 is 2.18 bits per heavy atom. The molecule has 5 heteroatoms. The third-order valence-corrected chi connectivity index (χ3v) is 5.22. The van der Waals surface area contributed by atoms with Crippen molar-refractivity contribution in [1.82, 2.24) is 4.98 Å². The fourth-order valence-electron chi connectivity index (χ4n) is 1.65. The van der Waals surface area contributed by atoms with Crippen LogP contribution in [0.1, 0.15) is 35.1 Å². The van der Waals surface area contributed by atoms with Crippen molar-refractivity contribution in [2.45, 2.75) is 25.2 Å². The predicted octanol–water partition coefficient (Wildman–Crippen LogP) is 3.62. The van der Waals surface area contributed by atoms with Crippen LogP contribution in [0.25, 0.3) is 10.6 Å². The number of aromatic carboxylic acids is 1. The van der Waals surface area contributed by atoms with E-state index in [2.05, 4.69) is 11.9 Å². The van der Waals surface area contributed by atoms with Gasteiger partial charge in [0.1, 0.15) is 0 Å². The van der Waals surface area contributed by atoms with Crippen molar-refractivity contribution in [3.05, 3.63) is 27.4 Å². The van der Waals surface area contributed by atoms with Gasteiger partial charge in [-0.05, 0) is 18.9 Å². The fourth-order valence-corrected chi connectivity index (χ4v) is 3.61. The largest absolute Gasteiger partial charge is 0.478 e. The highest BCUT2D eigenvalue weighted by molar-refractivity contribution is 7.14. The number of nitrogens with zero attached hydrogens (tertiary/aromatic N) is 1. The summed E-state index contributed by atoms with van der Waals surface area (Å²) in [5.74, 6) is -0.878. The molecular formula is C12H11NO2S2. The molecule has 0 aliphatic heterocycles. The standard InChI is InChI=1S/C12H11NO2S2/c1-12(2-3-12)11-13-8(6-17-11)9-4-7(5-16-9)10(14)15/h4-6H,2-3H2,1H3,(H,14,15). The second kappa shape index (κ2) is 3.65. The number of thiophene rings is 1. The molecule has 2 heterocycles. The van der Waals surface area contributed by atoms with E-state index in [4.69, 9.17) is 5.11 Å². The zero-order valence-electron chi connectivity index (χ0n) is 9.27. The number of aromatic nitrogens is 1. The average molecular weight is 265 g/mol. The first-order valence-corrected chi connectivity index (χ1v) is 7.13. The molecule has 1 fully saturated rings. The van der Waals surface area contributed by atoms with E-state index in [1.54, 1.807) is 22.8 Å². The Balaban J connectivity index is 1.92. The maximum atomic E-state index is 10.8. The van der Waals surface area contributed by atoms with Gasteiger partial charge in [-0.1, -0.05) is 6.92 Å². The first kappa shape index (κ1) is 10.9. The quantitative estimate of drug-likeness (QED) is 0.922. The molecule has 2 aromatic rings. The van der Waals surface area contributed by atoms with Crippen molar-refractivity contribution < 1.29 is 9.90 Å². The summed E-state index contributed by atoms with van der Waals surface area (Å²) >= 11 is 3.12. The van der Waals surface area contributed by atoms with Crippen molar-refractivity contribution in [3.63, 3.8) is 0 Å². The summed E-state index contributed by atoms with van der Waals surface area (Å²) in [6, 6.07) is 1.70. The SMILES string of the molecule is CC1(c2nc(-c3cc(C(=O)O)cs3)cs2)CC1. The van der Waals surface area contributed by atoms with E-state index in [1.807, 2.05) is 5.38 Å². The van der Waals surface area contributed by atoms with Gasteiger partial charge >= 0.3 is 5.97 Å². The third kappa shape index (κ3) is 1.89. The normalized spacial score (nSPS) is 17.0. The molecule has 3 rings (SSSR count). The summed E-state index contributed by atoms with van der Waals surface area (Å²) < 4.78 is 0. The Labute approximate surface area is 107 Å². The summed E-state index contributed by atoms with van der Waals surface area (Å²) in [5, 5.41) is 13.7. The van der Waals surface area contributed by atoms with Gasteiger partial charge in [-0.25, -0.2) is 9.78 Å². The molecule has 0 amide bonds. The number of carbonyl (C=O) groups is 1. The predicted molar refractivity (Wildman–Crippen MR) is 69.0 cm³/mol. The maximum Gasteiger partial charge on any atom is 0.336 e. The first-order valence-electron chi connectivity index (χ1n) is 5.37. The van der Waals surface area contributed by atoms with E-state index in [0.29, 0.717) is 5.56 Å². The minimum Gasteiger partial charge on any atom is -0.478 e. The summed E-state index contributed by atoms with van der Waals surface area (Å²) in [5.41, 5.74) is 1.54. The molecule has 0 aromatic carbocycles.